The van der Waals surface area contributed by atoms with E-state index in [2.05, 4.69) is 11.4 Å². The summed E-state index contributed by atoms with van der Waals surface area (Å²) in [6.45, 7) is 2.02. The van der Waals surface area contributed by atoms with Crippen molar-refractivity contribution in [3.05, 3.63) is 65.5 Å². The number of nitrogens with zero attached hydrogens (tertiary/aromatic N) is 1. The van der Waals surface area contributed by atoms with Gasteiger partial charge >= 0.3 is 6.18 Å². The molecular weight excluding hydrogens is 401 g/mol. The van der Waals surface area contributed by atoms with Gasteiger partial charge in [0.15, 0.2) is 0 Å². The van der Waals surface area contributed by atoms with Gasteiger partial charge in [0, 0.05) is 23.9 Å². The lowest BCUT2D eigenvalue weighted by Crippen LogP contribution is -2.47. The SMILES string of the molecule is FC(F)(F)c1ccccc1CCNCC[C@@]1(c2ccccn2)CCOC2(CCCC2)C1. The third-order valence-electron chi connectivity index (χ3n) is 7.05. The molecule has 1 spiro atoms. The van der Waals surface area contributed by atoms with Gasteiger partial charge in [0.2, 0.25) is 0 Å². The zero-order valence-corrected chi connectivity index (χ0v) is 17.9. The van der Waals surface area contributed by atoms with Crippen molar-refractivity contribution in [2.24, 2.45) is 0 Å². The molecule has 1 aliphatic carbocycles. The normalized spacial score (nSPS) is 23.3. The summed E-state index contributed by atoms with van der Waals surface area (Å²) in [5, 5.41) is 3.40. The Morgan fingerprint density at radius 2 is 1.74 bits per heavy atom. The number of benzene rings is 1. The Labute approximate surface area is 182 Å². The lowest BCUT2D eigenvalue weighted by atomic mass is 9.68. The molecule has 0 radical (unpaired) electrons. The summed E-state index contributed by atoms with van der Waals surface area (Å²) in [4.78, 5) is 4.71. The molecule has 3 nitrogen and oxygen atoms in total. The van der Waals surface area contributed by atoms with Crippen LogP contribution in [0.1, 0.15) is 61.8 Å². The second-order valence-corrected chi connectivity index (χ2v) is 9.07. The molecule has 0 amide bonds. The Kier molecular flexibility index (Phi) is 6.68. The first-order valence-corrected chi connectivity index (χ1v) is 11.3. The van der Waals surface area contributed by atoms with Gasteiger partial charge in [-0.2, -0.15) is 13.2 Å². The van der Waals surface area contributed by atoms with Crippen LogP contribution in [0.4, 0.5) is 13.2 Å². The van der Waals surface area contributed by atoms with E-state index in [1.54, 1.807) is 12.1 Å². The van der Waals surface area contributed by atoms with E-state index in [9.17, 15) is 13.2 Å². The van der Waals surface area contributed by atoms with Crippen LogP contribution in [0.5, 0.6) is 0 Å². The van der Waals surface area contributed by atoms with Crippen LogP contribution in [0, 0.1) is 0 Å². The quantitative estimate of drug-likeness (QED) is 0.571. The Hall–Kier alpha value is -1.92. The third-order valence-corrected chi connectivity index (χ3v) is 7.05. The van der Waals surface area contributed by atoms with Gasteiger partial charge in [-0.1, -0.05) is 37.1 Å². The van der Waals surface area contributed by atoms with Crippen LogP contribution < -0.4 is 5.32 Å². The highest BCUT2D eigenvalue weighted by Crippen LogP contribution is 2.49. The molecule has 168 valence electrons. The number of ether oxygens (including phenoxy) is 1. The summed E-state index contributed by atoms with van der Waals surface area (Å²) >= 11 is 0. The first kappa shape index (κ1) is 22.3. The molecule has 6 heteroatoms. The summed E-state index contributed by atoms with van der Waals surface area (Å²) in [5.74, 6) is 0. The fraction of sp³-hybridized carbons (Fsp3) is 0.560. The molecule has 0 bridgehead atoms. The van der Waals surface area contributed by atoms with E-state index in [4.69, 9.17) is 9.72 Å². The maximum Gasteiger partial charge on any atom is 0.416 e. The van der Waals surface area contributed by atoms with Crippen molar-refractivity contribution in [1.29, 1.82) is 0 Å². The Morgan fingerprint density at radius 3 is 2.48 bits per heavy atom. The van der Waals surface area contributed by atoms with E-state index in [0.717, 1.165) is 57.0 Å². The van der Waals surface area contributed by atoms with Crippen LogP contribution in [0.2, 0.25) is 0 Å². The summed E-state index contributed by atoms with van der Waals surface area (Å²) in [7, 11) is 0. The number of alkyl halides is 3. The van der Waals surface area contributed by atoms with Crippen molar-refractivity contribution in [2.75, 3.05) is 19.7 Å². The van der Waals surface area contributed by atoms with E-state index in [1.807, 2.05) is 18.3 Å². The monoisotopic (exact) mass is 432 g/mol. The predicted molar refractivity (Wildman–Crippen MR) is 115 cm³/mol. The van der Waals surface area contributed by atoms with Crippen LogP contribution in [-0.2, 0) is 22.7 Å². The molecular formula is C25H31F3N2O. The molecule has 2 fully saturated rings. The van der Waals surface area contributed by atoms with Crippen LogP contribution in [-0.4, -0.2) is 30.3 Å². The molecule has 1 aliphatic heterocycles. The Bertz CT molecular complexity index is 849. The van der Waals surface area contributed by atoms with Crippen LogP contribution in [0.25, 0.3) is 0 Å². The number of rotatable bonds is 7. The summed E-state index contributed by atoms with van der Waals surface area (Å²) in [5.41, 5.74) is 0.864. The van der Waals surface area contributed by atoms with Crippen LogP contribution in [0.15, 0.2) is 48.7 Å². The Balaban J connectivity index is 1.39. The van der Waals surface area contributed by atoms with Gasteiger partial charge in [0.1, 0.15) is 0 Å². The van der Waals surface area contributed by atoms with E-state index >= 15 is 0 Å². The maximum atomic E-state index is 13.2. The average molecular weight is 433 g/mol. The molecule has 1 saturated carbocycles. The maximum absolute atomic E-state index is 13.2. The molecule has 1 aromatic heterocycles. The van der Waals surface area contributed by atoms with Gasteiger partial charge < -0.3 is 10.1 Å². The standard InChI is InChI=1S/C25H31F3N2O/c26-25(27,28)21-8-2-1-7-20(21)10-16-29-17-13-23(22-9-3-6-15-30-22)14-18-31-24(19-23)11-4-5-12-24/h1-3,6-9,15,29H,4-5,10-14,16-19H2/t23-/m1/s1. The van der Waals surface area contributed by atoms with Gasteiger partial charge in [-0.3, -0.25) is 4.98 Å². The van der Waals surface area contributed by atoms with E-state index in [1.165, 1.54) is 18.9 Å². The number of hydrogen-bond acceptors (Lipinski definition) is 3. The predicted octanol–water partition coefficient (Wildman–Crippen LogP) is 5.68. The lowest BCUT2D eigenvalue weighted by molar-refractivity contribution is -0.138. The molecule has 0 unspecified atom stereocenters. The van der Waals surface area contributed by atoms with Gasteiger partial charge in [-0.05, 0) is 75.4 Å². The van der Waals surface area contributed by atoms with Crippen LogP contribution >= 0.6 is 0 Å². The minimum atomic E-state index is -4.31. The van der Waals surface area contributed by atoms with Crippen molar-refractivity contribution < 1.29 is 17.9 Å². The lowest BCUT2D eigenvalue weighted by Gasteiger charge is -2.46. The second-order valence-electron chi connectivity index (χ2n) is 9.07. The third kappa shape index (κ3) is 5.12. The highest BCUT2D eigenvalue weighted by Gasteiger charge is 2.48. The molecule has 1 aromatic carbocycles. The molecule has 1 saturated heterocycles. The van der Waals surface area contributed by atoms with Gasteiger partial charge in [-0.15, -0.1) is 0 Å². The van der Waals surface area contributed by atoms with Crippen molar-refractivity contribution >= 4 is 0 Å². The second kappa shape index (κ2) is 9.29. The molecule has 2 aromatic rings. The average Bonchev–Trinajstić information content (AvgIpc) is 3.21. The summed E-state index contributed by atoms with van der Waals surface area (Å²) < 4.78 is 45.9. The first-order valence-electron chi connectivity index (χ1n) is 11.3. The highest BCUT2D eigenvalue weighted by atomic mass is 19.4. The number of nitrogens with one attached hydrogen (secondary N) is 1. The fourth-order valence-electron chi connectivity index (χ4n) is 5.49. The molecule has 31 heavy (non-hydrogen) atoms. The Morgan fingerprint density at radius 1 is 0.968 bits per heavy atom. The first-order chi connectivity index (χ1) is 14.9. The van der Waals surface area contributed by atoms with Gasteiger partial charge in [-0.25, -0.2) is 0 Å². The van der Waals surface area contributed by atoms with Crippen molar-refractivity contribution in [3.8, 4) is 0 Å². The smallest absolute Gasteiger partial charge is 0.375 e. The topological polar surface area (TPSA) is 34.2 Å². The fourth-order valence-corrected chi connectivity index (χ4v) is 5.49. The van der Waals surface area contributed by atoms with E-state index in [0.29, 0.717) is 18.5 Å². The molecule has 4 rings (SSSR count). The summed E-state index contributed by atoms with van der Waals surface area (Å²) in [6, 6.07) is 12.0. The number of hydrogen-bond donors (Lipinski definition) is 1. The van der Waals surface area contributed by atoms with E-state index < -0.39 is 11.7 Å². The minimum absolute atomic E-state index is 0.0264. The number of halogens is 3. The minimum Gasteiger partial charge on any atom is -0.375 e. The van der Waals surface area contributed by atoms with Gasteiger partial charge in [0.25, 0.3) is 0 Å². The summed E-state index contributed by atoms with van der Waals surface area (Å²) in [6.07, 6.45) is 5.40. The number of aromatic nitrogens is 1. The van der Waals surface area contributed by atoms with E-state index in [-0.39, 0.29) is 11.0 Å². The molecule has 1 N–H and O–H groups in total. The van der Waals surface area contributed by atoms with Gasteiger partial charge in [0.05, 0.1) is 11.2 Å². The molecule has 2 heterocycles. The van der Waals surface area contributed by atoms with Crippen molar-refractivity contribution in [3.63, 3.8) is 0 Å². The van der Waals surface area contributed by atoms with Crippen molar-refractivity contribution in [2.45, 2.75) is 68.6 Å². The zero-order valence-electron chi connectivity index (χ0n) is 17.9. The number of pyridine rings is 1. The molecule has 2 aliphatic rings. The highest BCUT2D eigenvalue weighted by molar-refractivity contribution is 5.30. The molecule has 1 atom stereocenters. The zero-order chi connectivity index (χ0) is 21.8. The largest absolute Gasteiger partial charge is 0.416 e. The van der Waals surface area contributed by atoms with Crippen LogP contribution in [0.3, 0.4) is 0 Å². The van der Waals surface area contributed by atoms with Crippen molar-refractivity contribution in [1.82, 2.24) is 10.3 Å².